The standard InChI is InChI=1S/C14H11NO2S/c1-9-6-7-13(17-9)11-8-18-14(15-11)10-4-2-3-5-12(10)16/h2-8,16H,1H3. The van der Waals surface area contributed by atoms with Crippen LogP contribution in [0.3, 0.4) is 0 Å². The summed E-state index contributed by atoms with van der Waals surface area (Å²) in [5.41, 5.74) is 1.54. The van der Waals surface area contributed by atoms with Gasteiger partial charge in [0.1, 0.15) is 22.2 Å². The van der Waals surface area contributed by atoms with Gasteiger partial charge in [0.05, 0.1) is 5.56 Å². The van der Waals surface area contributed by atoms with Crippen LogP contribution >= 0.6 is 11.3 Å². The molecule has 0 amide bonds. The Hall–Kier alpha value is -2.07. The number of furan rings is 1. The van der Waals surface area contributed by atoms with Crippen LogP contribution in [0.25, 0.3) is 22.0 Å². The molecule has 0 unspecified atom stereocenters. The highest BCUT2D eigenvalue weighted by molar-refractivity contribution is 7.13. The van der Waals surface area contributed by atoms with Gasteiger partial charge in [0.25, 0.3) is 0 Å². The van der Waals surface area contributed by atoms with Gasteiger partial charge in [-0.25, -0.2) is 4.98 Å². The van der Waals surface area contributed by atoms with Gasteiger partial charge in [-0.3, -0.25) is 0 Å². The summed E-state index contributed by atoms with van der Waals surface area (Å²) in [6.07, 6.45) is 0. The number of nitrogens with zero attached hydrogens (tertiary/aromatic N) is 1. The van der Waals surface area contributed by atoms with E-state index in [9.17, 15) is 5.11 Å². The Balaban J connectivity index is 2.02. The summed E-state index contributed by atoms with van der Waals surface area (Å²) in [4.78, 5) is 4.49. The number of rotatable bonds is 2. The van der Waals surface area contributed by atoms with Crippen LogP contribution in [0.4, 0.5) is 0 Å². The molecule has 0 fully saturated rings. The van der Waals surface area contributed by atoms with E-state index < -0.39 is 0 Å². The third-order valence-electron chi connectivity index (χ3n) is 2.63. The van der Waals surface area contributed by atoms with E-state index in [-0.39, 0.29) is 5.75 Å². The molecule has 4 heteroatoms. The fraction of sp³-hybridized carbons (Fsp3) is 0.0714. The number of aromatic hydroxyl groups is 1. The van der Waals surface area contributed by atoms with Crippen molar-refractivity contribution < 1.29 is 9.52 Å². The Morgan fingerprint density at radius 3 is 2.72 bits per heavy atom. The summed E-state index contributed by atoms with van der Waals surface area (Å²) >= 11 is 1.49. The first-order valence-corrected chi connectivity index (χ1v) is 6.43. The zero-order chi connectivity index (χ0) is 12.5. The van der Waals surface area contributed by atoms with Crippen LogP contribution in [-0.4, -0.2) is 10.1 Å². The Kier molecular flexibility index (Phi) is 2.64. The smallest absolute Gasteiger partial charge is 0.153 e. The third kappa shape index (κ3) is 1.91. The lowest BCUT2D eigenvalue weighted by molar-refractivity contribution is 0.477. The molecule has 2 heterocycles. The summed E-state index contributed by atoms with van der Waals surface area (Å²) in [5, 5.41) is 12.5. The molecular formula is C14H11NO2S. The predicted molar refractivity (Wildman–Crippen MR) is 71.7 cm³/mol. The molecule has 18 heavy (non-hydrogen) atoms. The number of aryl methyl sites for hydroxylation is 1. The fourth-order valence-corrected chi connectivity index (χ4v) is 2.58. The van der Waals surface area contributed by atoms with Crippen LogP contribution in [0.5, 0.6) is 5.75 Å². The van der Waals surface area contributed by atoms with Crippen molar-refractivity contribution >= 4 is 11.3 Å². The summed E-state index contributed by atoms with van der Waals surface area (Å²) in [6.45, 7) is 1.90. The quantitative estimate of drug-likeness (QED) is 0.752. The maximum atomic E-state index is 9.79. The van der Waals surface area contributed by atoms with Crippen LogP contribution in [-0.2, 0) is 0 Å². The molecule has 0 aliphatic carbocycles. The van der Waals surface area contributed by atoms with Gasteiger partial charge in [-0.15, -0.1) is 11.3 Å². The second-order valence-electron chi connectivity index (χ2n) is 3.97. The van der Waals surface area contributed by atoms with Crippen molar-refractivity contribution in [3.8, 4) is 27.8 Å². The maximum Gasteiger partial charge on any atom is 0.153 e. The lowest BCUT2D eigenvalue weighted by atomic mass is 10.2. The van der Waals surface area contributed by atoms with Gasteiger partial charge in [0.2, 0.25) is 0 Å². The third-order valence-corrected chi connectivity index (χ3v) is 3.51. The summed E-state index contributed by atoms with van der Waals surface area (Å²) in [7, 11) is 0. The molecule has 0 aliphatic heterocycles. The minimum absolute atomic E-state index is 0.244. The molecule has 1 aromatic carbocycles. The van der Waals surface area contributed by atoms with E-state index in [2.05, 4.69) is 4.98 Å². The number of phenolic OH excluding ortho intramolecular Hbond substituents is 1. The molecule has 1 N–H and O–H groups in total. The van der Waals surface area contributed by atoms with E-state index in [1.807, 2.05) is 36.6 Å². The van der Waals surface area contributed by atoms with E-state index in [1.54, 1.807) is 12.1 Å². The Bertz CT molecular complexity index is 684. The minimum Gasteiger partial charge on any atom is -0.507 e. The first-order chi connectivity index (χ1) is 8.74. The Morgan fingerprint density at radius 1 is 1.17 bits per heavy atom. The second-order valence-corrected chi connectivity index (χ2v) is 4.82. The van der Waals surface area contributed by atoms with E-state index in [0.29, 0.717) is 0 Å². The van der Waals surface area contributed by atoms with Crippen molar-refractivity contribution in [2.75, 3.05) is 0 Å². The summed E-state index contributed by atoms with van der Waals surface area (Å²) in [5.74, 6) is 1.86. The normalized spacial score (nSPS) is 10.7. The second kappa shape index (κ2) is 4.31. The van der Waals surface area contributed by atoms with Crippen molar-refractivity contribution in [3.63, 3.8) is 0 Å². The SMILES string of the molecule is Cc1ccc(-c2csc(-c3ccccc3O)n2)o1. The number of aromatic nitrogens is 1. The lowest BCUT2D eigenvalue weighted by Crippen LogP contribution is -1.78. The van der Waals surface area contributed by atoms with Gasteiger partial charge >= 0.3 is 0 Å². The highest BCUT2D eigenvalue weighted by Crippen LogP contribution is 2.34. The molecule has 0 spiro atoms. The van der Waals surface area contributed by atoms with Crippen LogP contribution < -0.4 is 0 Å². The molecular weight excluding hydrogens is 246 g/mol. The van der Waals surface area contributed by atoms with Crippen molar-refractivity contribution in [2.24, 2.45) is 0 Å². The maximum absolute atomic E-state index is 9.79. The topological polar surface area (TPSA) is 46.3 Å². The highest BCUT2D eigenvalue weighted by atomic mass is 32.1. The van der Waals surface area contributed by atoms with E-state index >= 15 is 0 Å². The zero-order valence-electron chi connectivity index (χ0n) is 9.75. The number of benzene rings is 1. The van der Waals surface area contributed by atoms with Crippen LogP contribution in [0, 0.1) is 6.92 Å². The predicted octanol–water partition coefficient (Wildman–Crippen LogP) is 4.08. The van der Waals surface area contributed by atoms with Crippen molar-refractivity contribution in [2.45, 2.75) is 6.92 Å². The molecule has 0 radical (unpaired) electrons. The van der Waals surface area contributed by atoms with E-state index in [0.717, 1.165) is 27.8 Å². The van der Waals surface area contributed by atoms with E-state index in [4.69, 9.17) is 4.42 Å². The molecule has 0 atom stereocenters. The first kappa shape index (κ1) is 11.0. The van der Waals surface area contributed by atoms with Crippen molar-refractivity contribution in [3.05, 3.63) is 47.5 Å². The molecule has 0 bridgehead atoms. The number of thiazole rings is 1. The summed E-state index contributed by atoms with van der Waals surface area (Å²) in [6, 6.07) is 11.0. The van der Waals surface area contributed by atoms with Gasteiger partial charge in [0.15, 0.2) is 5.76 Å². The van der Waals surface area contributed by atoms with Crippen LogP contribution in [0.1, 0.15) is 5.76 Å². The van der Waals surface area contributed by atoms with E-state index in [1.165, 1.54) is 11.3 Å². The molecule has 3 rings (SSSR count). The summed E-state index contributed by atoms with van der Waals surface area (Å²) < 4.78 is 5.53. The van der Waals surface area contributed by atoms with Gasteiger partial charge in [-0.05, 0) is 31.2 Å². The molecule has 0 aliphatic rings. The molecule has 90 valence electrons. The van der Waals surface area contributed by atoms with Gasteiger partial charge < -0.3 is 9.52 Å². The number of hydrogen-bond donors (Lipinski definition) is 1. The Labute approximate surface area is 108 Å². The fourth-order valence-electron chi connectivity index (χ4n) is 1.74. The molecule has 0 saturated heterocycles. The van der Waals surface area contributed by atoms with Gasteiger partial charge in [-0.2, -0.15) is 0 Å². The van der Waals surface area contributed by atoms with Crippen molar-refractivity contribution in [1.82, 2.24) is 4.98 Å². The van der Waals surface area contributed by atoms with Gasteiger partial charge in [0, 0.05) is 5.38 Å². The highest BCUT2D eigenvalue weighted by Gasteiger charge is 2.11. The Morgan fingerprint density at radius 2 is 2.00 bits per heavy atom. The lowest BCUT2D eigenvalue weighted by Gasteiger charge is -1.98. The first-order valence-electron chi connectivity index (χ1n) is 5.55. The monoisotopic (exact) mass is 257 g/mol. The molecule has 0 saturated carbocycles. The number of para-hydroxylation sites is 1. The van der Waals surface area contributed by atoms with Crippen molar-refractivity contribution in [1.29, 1.82) is 0 Å². The van der Waals surface area contributed by atoms with Gasteiger partial charge in [-0.1, -0.05) is 12.1 Å². The number of hydrogen-bond acceptors (Lipinski definition) is 4. The average molecular weight is 257 g/mol. The number of phenols is 1. The molecule has 3 nitrogen and oxygen atoms in total. The molecule has 2 aromatic heterocycles. The largest absolute Gasteiger partial charge is 0.507 e. The zero-order valence-corrected chi connectivity index (χ0v) is 10.6. The van der Waals surface area contributed by atoms with Crippen LogP contribution in [0.15, 0.2) is 46.2 Å². The molecule has 3 aromatic rings. The minimum atomic E-state index is 0.244. The average Bonchev–Trinajstić information content (AvgIpc) is 2.98. The van der Waals surface area contributed by atoms with Crippen LogP contribution in [0.2, 0.25) is 0 Å².